The summed E-state index contributed by atoms with van der Waals surface area (Å²) in [6.07, 6.45) is 1.20. The molecule has 0 aliphatic heterocycles. The van der Waals surface area contributed by atoms with Crippen LogP contribution in [-0.4, -0.2) is 43.2 Å². The van der Waals surface area contributed by atoms with Gasteiger partial charge in [-0.15, -0.1) is 0 Å². The third-order valence-corrected chi connectivity index (χ3v) is 4.29. The minimum Gasteiger partial charge on any atom is -0.507 e. The van der Waals surface area contributed by atoms with Crippen LogP contribution in [0.25, 0.3) is 16.8 Å². The van der Waals surface area contributed by atoms with Gasteiger partial charge in [0.25, 0.3) is 5.91 Å². The third kappa shape index (κ3) is 3.76. The Balaban J connectivity index is 1.68. The predicted molar refractivity (Wildman–Crippen MR) is 107 cm³/mol. The average Bonchev–Trinajstić information content (AvgIpc) is 3.23. The Morgan fingerprint density at radius 1 is 1.03 bits per heavy atom. The fourth-order valence-corrected chi connectivity index (χ4v) is 2.96. The maximum atomic E-state index is 12.3. The highest BCUT2D eigenvalue weighted by Crippen LogP contribution is 2.31. The van der Waals surface area contributed by atoms with Crippen molar-refractivity contribution in [1.29, 1.82) is 0 Å². The summed E-state index contributed by atoms with van der Waals surface area (Å²) in [6.45, 7) is -0.594. The highest BCUT2D eigenvalue weighted by atomic mass is 16.5. The molecule has 0 bridgehead atoms. The van der Waals surface area contributed by atoms with Crippen molar-refractivity contribution >= 4 is 17.5 Å². The molecule has 0 spiro atoms. The lowest BCUT2D eigenvalue weighted by molar-refractivity contribution is -0.135. The molecule has 4 aromatic rings. The van der Waals surface area contributed by atoms with Crippen molar-refractivity contribution in [3.63, 3.8) is 0 Å². The van der Waals surface area contributed by atoms with Crippen LogP contribution in [0.4, 0.5) is 0 Å². The molecule has 1 amide bonds. The largest absolute Gasteiger partial charge is 0.507 e. The Bertz CT molecular complexity index is 1240. The predicted octanol–water partition coefficient (Wildman–Crippen LogP) is 2.71. The molecule has 0 saturated carbocycles. The van der Waals surface area contributed by atoms with Gasteiger partial charge in [-0.3, -0.25) is 9.59 Å². The summed E-state index contributed by atoms with van der Waals surface area (Å²) in [6, 6.07) is 18.4. The van der Waals surface area contributed by atoms with Crippen LogP contribution in [0.3, 0.4) is 0 Å². The van der Waals surface area contributed by atoms with E-state index in [-0.39, 0.29) is 17.1 Å². The zero-order chi connectivity index (χ0) is 21.1. The molecule has 2 aromatic carbocycles. The number of aromatic hydroxyl groups is 1. The quantitative estimate of drug-likeness (QED) is 0.451. The SMILES string of the molecule is O=C(O)CNC(=O)c1c(O)cc(Oc2cccc(-c3ccccc3)c2)n2ncnc12. The lowest BCUT2D eigenvalue weighted by Crippen LogP contribution is -2.29. The van der Waals surface area contributed by atoms with Crippen LogP contribution in [0.1, 0.15) is 10.4 Å². The van der Waals surface area contributed by atoms with Crippen LogP contribution < -0.4 is 10.1 Å². The number of pyridine rings is 1. The number of rotatable bonds is 6. The fourth-order valence-electron chi connectivity index (χ4n) is 2.96. The maximum Gasteiger partial charge on any atom is 0.322 e. The van der Waals surface area contributed by atoms with Gasteiger partial charge in [-0.2, -0.15) is 9.61 Å². The highest BCUT2D eigenvalue weighted by molar-refractivity contribution is 6.03. The van der Waals surface area contributed by atoms with E-state index in [0.717, 1.165) is 11.1 Å². The van der Waals surface area contributed by atoms with Crippen molar-refractivity contribution in [3.8, 4) is 28.5 Å². The van der Waals surface area contributed by atoms with E-state index in [1.54, 1.807) is 6.07 Å². The third-order valence-electron chi connectivity index (χ3n) is 4.29. The first-order chi connectivity index (χ1) is 14.5. The normalized spacial score (nSPS) is 10.7. The zero-order valence-electron chi connectivity index (χ0n) is 15.5. The minimum absolute atomic E-state index is 0.0344. The first-order valence-corrected chi connectivity index (χ1v) is 8.92. The summed E-state index contributed by atoms with van der Waals surface area (Å²) in [5, 5.41) is 25.4. The van der Waals surface area contributed by atoms with Crippen molar-refractivity contribution in [2.75, 3.05) is 6.54 Å². The molecule has 0 aliphatic carbocycles. The minimum atomic E-state index is -1.21. The van der Waals surface area contributed by atoms with Gasteiger partial charge in [0, 0.05) is 6.07 Å². The molecule has 2 heterocycles. The van der Waals surface area contributed by atoms with Gasteiger partial charge >= 0.3 is 5.97 Å². The van der Waals surface area contributed by atoms with Gasteiger partial charge in [-0.25, -0.2) is 4.98 Å². The van der Waals surface area contributed by atoms with Crippen molar-refractivity contribution in [3.05, 3.63) is 72.6 Å². The summed E-state index contributed by atoms with van der Waals surface area (Å²) >= 11 is 0. The van der Waals surface area contributed by atoms with E-state index in [0.29, 0.717) is 5.75 Å². The van der Waals surface area contributed by atoms with Crippen LogP contribution in [0.5, 0.6) is 17.4 Å². The van der Waals surface area contributed by atoms with Crippen LogP contribution in [0.15, 0.2) is 67.0 Å². The van der Waals surface area contributed by atoms with Crippen molar-refractivity contribution < 1.29 is 24.5 Å². The van der Waals surface area contributed by atoms with Crippen molar-refractivity contribution in [2.24, 2.45) is 0 Å². The molecule has 0 fully saturated rings. The number of hydrogen-bond acceptors (Lipinski definition) is 6. The van der Waals surface area contributed by atoms with Crippen molar-refractivity contribution in [1.82, 2.24) is 19.9 Å². The van der Waals surface area contributed by atoms with Gasteiger partial charge < -0.3 is 20.3 Å². The summed E-state index contributed by atoms with van der Waals surface area (Å²) in [4.78, 5) is 27.0. The molecule has 0 unspecified atom stereocenters. The maximum absolute atomic E-state index is 12.3. The van der Waals surface area contributed by atoms with E-state index in [2.05, 4.69) is 15.4 Å². The molecule has 3 N–H and O–H groups in total. The smallest absolute Gasteiger partial charge is 0.322 e. The number of hydrogen-bond donors (Lipinski definition) is 3. The van der Waals surface area contributed by atoms with E-state index in [1.807, 2.05) is 48.5 Å². The second-order valence-electron chi connectivity index (χ2n) is 6.31. The molecule has 2 aromatic heterocycles. The number of ether oxygens (including phenoxy) is 1. The van der Waals surface area contributed by atoms with Gasteiger partial charge in [0.1, 0.15) is 29.9 Å². The van der Waals surface area contributed by atoms with E-state index in [4.69, 9.17) is 9.84 Å². The number of aliphatic carboxylic acids is 1. The second-order valence-corrected chi connectivity index (χ2v) is 6.31. The standard InChI is InChI=1S/C21H16N4O5/c26-16-10-17(25-20(23-12-24-25)19(16)21(29)22-11-18(27)28)30-15-8-4-7-14(9-15)13-5-2-1-3-6-13/h1-10,12,26H,11H2,(H,22,29)(H,27,28). The second kappa shape index (κ2) is 7.92. The van der Waals surface area contributed by atoms with E-state index in [9.17, 15) is 14.7 Å². The summed E-state index contributed by atoms with van der Waals surface area (Å²) < 4.78 is 7.16. The van der Waals surface area contributed by atoms with Gasteiger partial charge in [-0.1, -0.05) is 42.5 Å². The number of fused-ring (bicyclic) bond motifs is 1. The van der Waals surface area contributed by atoms with E-state index in [1.165, 1.54) is 16.9 Å². The Morgan fingerprint density at radius 2 is 1.80 bits per heavy atom. The first kappa shape index (κ1) is 18.9. The summed E-state index contributed by atoms with van der Waals surface area (Å²) in [5.41, 5.74) is 1.80. The van der Waals surface area contributed by atoms with Crippen LogP contribution in [-0.2, 0) is 4.79 Å². The van der Waals surface area contributed by atoms with Gasteiger partial charge in [0.05, 0.1) is 0 Å². The molecule has 0 aliphatic rings. The van der Waals surface area contributed by atoms with Crippen LogP contribution in [0.2, 0.25) is 0 Å². The van der Waals surface area contributed by atoms with Crippen LogP contribution in [0, 0.1) is 0 Å². The molecule has 30 heavy (non-hydrogen) atoms. The number of carboxylic acids is 1. The Kier molecular flexibility index (Phi) is 5.00. The average molecular weight is 404 g/mol. The number of benzene rings is 2. The number of carboxylic acid groups (broad SMARTS) is 1. The van der Waals surface area contributed by atoms with Crippen LogP contribution >= 0.6 is 0 Å². The molecule has 150 valence electrons. The van der Waals surface area contributed by atoms with Gasteiger partial charge in [0.15, 0.2) is 5.65 Å². The zero-order valence-corrected chi connectivity index (χ0v) is 15.5. The number of nitrogens with zero attached hydrogens (tertiary/aromatic N) is 3. The lowest BCUT2D eigenvalue weighted by atomic mass is 10.1. The first-order valence-electron chi connectivity index (χ1n) is 8.92. The van der Waals surface area contributed by atoms with E-state index >= 15 is 0 Å². The Hall–Kier alpha value is -4.40. The monoisotopic (exact) mass is 404 g/mol. The molecule has 9 nitrogen and oxygen atoms in total. The fraction of sp³-hybridized carbons (Fsp3) is 0.0476. The number of nitrogens with one attached hydrogen (secondary N) is 1. The summed E-state index contributed by atoms with van der Waals surface area (Å²) in [7, 11) is 0. The summed E-state index contributed by atoms with van der Waals surface area (Å²) in [5.74, 6) is -1.77. The number of aromatic nitrogens is 3. The molecule has 0 radical (unpaired) electrons. The number of carbonyl (C=O) groups excluding carboxylic acids is 1. The molecular weight excluding hydrogens is 388 g/mol. The number of amides is 1. The molecule has 9 heteroatoms. The highest BCUT2D eigenvalue weighted by Gasteiger charge is 2.21. The number of carbonyl (C=O) groups is 2. The lowest BCUT2D eigenvalue weighted by Gasteiger charge is -2.12. The topological polar surface area (TPSA) is 126 Å². The molecule has 0 atom stereocenters. The molecule has 0 saturated heterocycles. The Morgan fingerprint density at radius 3 is 2.57 bits per heavy atom. The Labute approximate surface area is 170 Å². The van der Waals surface area contributed by atoms with Gasteiger partial charge in [-0.05, 0) is 23.3 Å². The van der Waals surface area contributed by atoms with Crippen molar-refractivity contribution in [2.45, 2.75) is 0 Å². The van der Waals surface area contributed by atoms with E-state index < -0.39 is 24.2 Å². The van der Waals surface area contributed by atoms with Gasteiger partial charge in [0.2, 0.25) is 5.88 Å². The molecular formula is C21H16N4O5. The molecule has 4 rings (SSSR count).